The van der Waals surface area contributed by atoms with Crippen LogP contribution in [-0.4, -0.2) is 13.7 Å². The van der Waals surface area contributed by atoms with Crippen LogP contribution in [0, 0.1) is 3.57 Å². The van der Waals surface area contributed by atoms with Crippen molar-refractivity contribution in [2.24, 2.45) is 0 Å². The lowest BCUT2D eigenvalue weighted by molar-refractivity contribution is 0.414. The monoisotopic (exact) mass is 479 g/mol. The van der Waals surface area contributed by atoms with Crippen LogP contribution in [0.4, 0.5) is 0 Å². The first-order valence-electron chi connectivity index (χ1n) is 6.58. The largest absolute Gasteiger partial charge is 0.497 e. The van der Waals surface area contributed by atoms with Crippen LogP contribution in [-0.2, 0) is 0 Å². The van der Waals surface area contributed by atoms with Gasteiger partial charge in [-0.25, -0.2) is 0 Å². The summed E-state index contributed by atoms with van der Waals surface area (Å²) in [5, 5.41) is 4.29. The Morgan fingerprint density at radius 1 is 1.29 bits per heavy atom. The summed E-state index contributed by atoms with van der Waals surface area (Å²) in [4.78, 5) is 0. The lowest BCUT2D eigenvalue weighted by Crippen LogP contribution is -2.22. The first-order chi connectivity index (χ1) is 10.1. The second kappa shape index (κ2) is 7.81. The maximum atomic E-state index is 6.27. The molecule has 2 aromatic carbocycles. The predicted molar refractivity (Wildman–Crippen MR) is 100 cm³/mol. The van der Waals surface area contributed by atoms with E-state index in [4.69, 9.17) is 16.3 Å². The smallest absolute Gasteiger partial charge is 0.120 e. The fourth-order valence-corrected chi connectivity index (χ4v) is 3.28. The van der Waals surface area contributed by atoms with Crippen LogP contribution in [0.3, 0.4) is 0 Å². The minimum atomic E-state index is 0.0878. The molecule has 0 aromatic heterocycles. The Morgan fingerprint density at radius 3 is 2.62 bits per heavy atom. The van der Waals surface area contributed by atoms with E-state index in [0.29, 0.717) is 0 Å². The molecule has 0 spiro atoms. The quantitative estimate of drug-likeness (QED) is 0.578. The zero-order valence-corrected chi connectivity index (χ0v) is 16.3. The zero-order valence-electron chi connectivity index (χ0n) is 11.8. The van der Waals surface area contributed by atoms with Gasteiger partial charge in [0.05, 0.1) is 18.2 Å². The molecule has 0 radical (unpaired) electrons. The topological polar surface area (TPSA) is 21.3 Å². The molecule has 0 amide bonds. The molecule has 2 aromatic rings. The molecular formula is C16H16BrClINO. The molecule has 5 heteroatoms. The number of rotatable bonds is 5. The van der Waals surface area contributed by atoms with Crippen LogP contribution in [0.25, 0.3) is 0 Å². The lowest BCUT2D eigenvalue weighted by Gasteiger charge is -2.21. The lowest BCUT2D eigenvalue weighted by atomic mass is 9.98. The van der Waals surface area contributed by atoms with Crippen molar-refractivity contribution < 1.29 is 4.74 Å². The van der Waals surface area contributed by atoms with Crippen molar-refractivity contribution in [3.8, 4) is 5.75 Å². The van der Waals surface area contributed by atoms with Crippen molar-refractivity contribution >= 4 is 50.1 Å². The molecule has 0 saturated carbocycles. The van der Waals surface area contributed by atoms with Gasteiger partial charge >= 0.3 is 0 Å². The highest BCUT2D eigenvalue weighted by Crippen LogP contribution is 2.33. The van der Waals surface area contributed by atoms with E-state index in [9.17, 15) is 0 Å². The van der Waals surface area contributed by atoms with Crippen LogP contribution in [0.2, 0.25) is 5.02 Å². The van der Waals surface area contributed by atoms with E-state index in [1.54, 1.807) is 7.11 Å². The van der Waals surface area contributed by atoms with Crippen molar-refractivity contribution in [1.29, 1.82) is 0 Å². The number of ether oxygens (including phenoxy) is 1. The average Bonchev–Trinajstić information content (AvgIpc) is 2.48. The standard InChI is InChI=1S/C16H16BrClINO/c1-3-20-16(10-4-7-15(19)14(18)8-10)12-6-5-11(21-2)9-13(12)17/h4-9,16,20H,3H2,1-2H3. The Bertz CT molecular complexity index is 636. The second-order valence-electron chi connectivity index (χ2n) is 4.55. The van der Waals surface area contributed by atoms with E-state index < -0.39 is 0 Å². The van der Waals surface area contributed by atoms with E-state index in [0.717, 1.165) is 36.5 Å². The van der Waals surface area contributed by atoms with Gasteiger partial charge in [0.1, 0.15) is 5.75 Å². The Labute approximate surface area is 152 Å². The van der Waals surface area contributed by atoms with Gasteiger partial charge in [-0.05, 0) is 64.5 Å². The van der Waals surface area contributed by atoms with E-state index in [1.165, 1.54) is 0 Å². The minimum Gasteiger partial charge on any atom is -0.497 e. The van der Waals surface area contributed by atoms with Gasteiger partial charge in [-0.3, -0.25) is 0 Å². The summed E-state index contributed by atoms with van der Waals surface area (Å²) in [7, 11) is 1.67. The number of hydrogen-bond acceptors (Lipinski definition) is 2. The van der Waals surface area contributed by atoms with Gasteiger partial charge < -0.3 is 10.1 Å². The normalized spacial score (nSPS) is 12.2. The van der Waals surface area contributed by atoms with Gasteiger partial charge in [0, 0.05) is 8.04 Å². The molecule has 0 aliphatic carbocycles. The first kappa shape index (κ1) is 17.1. The fraction of sp³-hybridized carbons (Fsp3) is 0.250. The predicted octanol–water partition coefficient (Wildman–Crippen LogP) is 5.41. The Hall–Kier alpha value is -0.300. The van der Waals surface area contributed by atoms with Gasteiger partial charge in [0.25, 0.3) is 0 Å². The summed E-state index contributed by atoms with van der Waals surface area (Å²) in [6.45, 7) is 2.96. The molecule has 0 aliphatic heterocycles. The summed E-state index contributed by atoms with van der Waals surface area (Å²) >= 11 is 12.1. The number of halogens is 3. The molecule has 1 atom stereocenters. The number of benzene rings is 2. The van der Waals surface area contributed by atoms with E-state index in [2.05, 4.69) is 62.9 Å². The molecule has 0 bridgehead atoms. The summed E-state index contributed by atoms with van der Waals surface area (Å²) in [5.41, 5.74) is 2.31. The Morgan fingerprint density at radius 2 is 2.05 bits per heavy atom. The second-order valence-corrected chi connectivity index (χ2v) is 6.98. The van der Waals surface area contributed by atoms with Gasteiger partial charge in [-0.2, -0.15) is 0 Å². The third-order valence-electron chi connectivity index (χ3n) is 3.20. The Balaban J connectivity index is 2.45. The van der Waals surface area contributed by atoms with Crippen LogP contribution < -0.4 is 10.1 Å². The zero-order chi connectivity index (χ0) is 15.4. The highest BCUT2D eigenvalue weighted by molar-refractivity contribution is 14.1. The van der Waals surface area contributed by atoms with Gasteiger partial charge in [-0.1, -0.05) is 46.6 Å². The van der Waals surface area contributed by atoms with Gasteiger partial charge in [0.15, 0.2) is 0 Å². The van der Waals surface area contributed by atoms with E-state index in [-0.39, 0.29) is 6.04 Å². The van der Waals surface area contributed by atoms with Crippen LogP contribution in [0.5, 0.6) is 5.75 Å². The molecule has 2 rings (SSSR count). The molecule has 2 nitrogen and oxygen atoms in total. The third kappa shape index (κ3) is 4.12. The fourth-order valence-electron chi connectivity index (χ4n) is 2.17. The number of methoxy groups -OCH3 is 1. The number of nitrogens with one attached hydrogen (secondary N) is 1. The van der Waals surface area contributed by atoms with Crippen molar-refractivity contribution in [3.05, 3.63) is 60.6 Å². The van der Waals surface area contributed by atoms with Crippen LogP contribution in [0.15, 0.2) is 40.9 Å². The first-order valence-corrected chi connectivity index (χ1v) is 8.83. The molecule has 0 saturated heterocycles. The van der Waals surface area contributed by atoms with Gasteiger partial charge in [0.2, 0.25) is 0 Å². The maximum absolute atomic E-state index is 6.27. The summed E-state index contributed by atoms with van der Waals surface area (Å²) in [5.74, 6) is 0.835. The molecule has 1 unspecified atom stereocenters. The molecule has 0 aliphatic rings. The molecule has 112 valence electrons. The highest BCUT2D eigenvalue weighted by Gasteiger charge is 2.17. The molecular weight excluding hydrogens is 464 g/mol. The van der Waals surface area contributed by atoms with Crippen molar-refractivity contribution in [2.75, 3.05) is 13.7 Å². The summed E-state index contributed by atoms with van der Waals surface area (Å²) < 4.78 is 7.33. The summed E-state index contributed by atoms with van der Waals surface area (Å²) in [6.07, 6.45) is 0. The molecule has 0 heterocycles. The minimum absolute atomic E-state index is 0.0878. The number of hydrogen-bond donors (Lipinski definition) is 1. The van der Waals surface area contributed by atoms with Crippen LogP contribution >= 0.6 is 50.1 Å². The van der Waals surface area contributed by atoms with E-state index >= 15 is 0 Å². The van der Waals surface area contributed by atoms with Crippen molar-refractivity contribution in [3.63, 3.8) is 0 Å². The Kier molecular flexibility index (Phi) is 6.34. The molecule has 1 N–H and O–H groups in total. The van der Waals surface area contributed by atoms with E-state index in [1.807, 2.05) is 24.3 Å². The molecule has 0 fully saturated rings. The third-order valence-corrected chi connectivity index (χ3v) is 5.46. The average molecular weight is 481 g/mol. The summed E-state index contributed by atoms with van der Waals surface area (Å²) in [6, 6.07) is 12.3. The van der Waals surface area contributed by atoms with Crippen LogP contribution in [0.1, 0.15) is 24.1 Å². The van der Waals surface area contributed by atoms with Crippen molar-refractivity contribution in [2.45, 2.75) is 13.0 Å². The highest BCUT2D eigenvalue weighted by atomic mass is 127. The SMILES string of the molecule is CCNC(c1ccc(I)c(Cl)c1)c1ccc(OC)cc1Br. The molecule has 21 heavy (non-hydrogen) atoms. The van der Waals surface area contributed by atoms with Crippen molar-refractivity contribution in [1.82, 2.24) is 5.32 Å². The van der Waals surface area contributed by atoms with Gasteiger partial charge in [-0.15, -0.1) is 0 Å². The maximum Gasteiger partial charge on any atom is 0.120 e.